The Hall–Kier alpha value is -5.28. The van der Waals surface area contributed by atoms with Crippen molar-refractivity contribution < 1.29 is 23.9 Å². The second-order valence-electron chi connectivity index (χ2n) is 18.1. The summed E-state index contributed by atoms with van der Waals surface area (Å²) < 4.78 is 12.2. The summed E-state index contributed by atoms with van der Waals surface area (Å²) in [5, 5.41) is 11.2. The number of hydrogen-bond donors (Lipinski definition) is 2. The Balaban J connectivity index is 0.673. The van der Waals surface area contributed by atoms with E-state index in [-0.39, 0.29) is 23.8 Å². The standard InChI is InChI=1S/C45H56N10O5/c1-45(13-14-45)60-31-3-5-35-33(23-31)41(50-49-35)36-24-39(47-28-46-36)54-17-11-30(12-18-54)26-52-21-19-51(20-22-52)25-29-9-15-53(16-10-29)37-6-4-32-34(42(37)59-2)27-55(44(32)58)38-7-8-40(56)48-43(38)57/h3-6,23-24,28-30,38H,7-22,25-27H2,1-2H3,(H,49,50)(H,48,56,57). The van der Waals surface area contributed by atoms with E-state index in [1.807, 2.05) is 24.3 Å². The van der Waals surface area contributed by atoms with Crippen molar-refractivity contribution in [1.29, 1.82) is 0 Å². The lowest BCUT2D eigenvalue weighted by Crippen LogP contribution is -2.52. The largest absolute Gasteiger partial charge is 0.494 e. The van der Waals surface area contributed by atoms with E-state index in [4.69, 9.17) is 9.47 Å². The molecule has 1 atom stereocenters. The lowest BCUT2D eigenvalue weighted by atomic mass is 9.94. The van der Waals surface area contributed by atoms with Crippen LogP contribution < -0.4 is 24.6 Å². The van der Waals surface area contributed by atoms with Crippen molar-refractivity contribution >= 4 is 40.1 Å². The number of rotatable bonds is 11. The summed E-state index contributed by atoms with van der Waals surface area (Å²) in [6, 6.07) is 11.5. The number of ether oxygens (including phenoxy) is 2. The molecule has 2 aromatic heterocycles. The van der Waals surface area contributed by atoms with Gasteiger partial charge in [0.2, 0.25) is 11.8 Å². The monoisotopic (exact) mass is 816 g/mol. The maximum atomic E-state index is 13.4. The first-order valence-corrected chi connectivity index (χ1v) is 22.0. The summed E-state index contributed by atoms with van der Waals surface area (Å²) in [6.07, 6.45) is 8.98. The quantitative estimate of drug-likeness (QED) is 0.206. The van der Waals surface area contributed by atoms with Gasteiger partial charge in [0.05, 0.1) is 30.6 Å². The number of imide groups is 1. The smallest absolute Gasteiger partial charge is 0.255 e. The minimum absolute atomic E-state index is 0.0382. The van der Waals surface area contributed by atoms with Gasteiger partial charge in [0.15, 0.2) is 0 Å². The molecule has 1 unspecified atom stereocenters. The third-order valence-electron chi connectivity index (χ3n) is 14.0. The fourth-order valence-electron chi connectivity index (χ4n) is 10.1. The van der Waals surface area contributed by atoms with E-state index in [1.54, 1.807) is 18.3 Å². The predicted octanol–water partition coefficient (Wildman–Crippen LogP) is 4.47. The Kier molecular flexibility index (Phi) is 10.3. The van der Waals surface area contributed by atoms with Gasteiger partial charge in [-0.3, -0.25) is 24.8 Å². The predicted molar refractivity (Wildman–Crippen MR) is 227 cm³/mol. The van der Waals surface area contributed by atoms with Crippen LogP contribution in [0.5, 0.6) is 11.5 Å². The van der Waals surface area contributed by atoms with E-state index in [2.05, 4.69) is 64.1 Å². The number of nitrogens with zero attached hydrogens (tertiary/aromatic N) is 8. The Morgan fingerprint density at radius 2 is 1.52 bits per heavy atom. The molecule has 1 aliphatic carbocycles. The molecule has 3 amide bonds. The van der Waals surface area contributed by atoms with Gasteiger partial charge in [-0.1, -0.05) is 0 Å². The second-order valence-corrected chi connectivity index (χ2v) is 18.1. The highest BCUT2D eigenvalue weighted by Crippen LogP contribution is 2.42. The second kappa shape index (κ2) is 16.0. The zero-order valence-corrected chi connectivity index (χ0v) is 34.8. The third-order valence-corrected chi connectivity index (χ3v) is 14.0. The summed E-state index contributed by atoms with van der Waals surface area (Å²) in [5.41, 5.74) is 5.02. The third kappa shape index (κ3) is 7.77. The van der Waals surface area contributed by atoms with Gasteiger partial charge in [0.1, 0.15) is 41.0 Å². The topological polar surface area (TPSA) is 152 Å². The van der Waals surface area contributed by atoms with Gasteiger partial charge in [-0.05, 0) is 94.0 Å². The molecule has 0 radical (unpaired) electrons. The van der Waals surface area contributed by atoms with Crippen LogP contribution in [0.15, 0.2) is 42.7 Å². The summed E-state index contributed by atoms with van der Waals surface area (Å²) in [6.45, 7) is 13.1. The molecule has 5 aliphatic heterocycles. The summed E-state index contributed by atoms with van der Waals surface area (Å²) in [7, 11) is 1.66. The molecule has 1 saturated carbocycles. The first-order chi connectivity index (χ1) is 29.2. The molecule has 5 fully saturated rings. The molecule has 10 rings (SSSR count). The Morgan fingerprint density at radius 1 is 0.817 bits per heavy atom. The molecular formula is C45H56N10O5. The average molecular weight is 817 g/mol. The van der Waals surface area contributed by atoms with Crippen LogP contribution in [-0.2, 0) is 16.1 Å². The Labute approximate surface area is 350 Å². The molecule has 4 saturated heterocycles. The number of hydrogen-bond acceptors (Lipinski definition) is 12. The molecule has 0 bridgehead atoms. The highest BCUT2D eigenvalue weighted by Gasteiger charge is 2.42. The van der Waals surface area contributed by atoms with Crippen molar-refractivity contribution in [3.63, 3.8) is 0 Å². The molecule has 4 aromatic rings. The number of piperazine rings is 1. The molecule has 0 spiro atoms. The Morgan fingerprint density at radius 3 is 2.18 bits per heavy atom. The van der Waals surface area contributed by atoms with Crippen molar-refractivity contribution in [2.45, 2.75) is 76.5 Å². The zero-order valence-electron chi connectivity index (χ0n) is 34.8. The number of nitrogens with one attached hydrogen (secondary N) is 2. The lowest BCUT2D eigenvalue weighted by molar-refractivity contribution is -0.136. The molecule has 15 nitrogen and oxygen atoms in total. The minimum Gasteiger partial charge on any atom is -0.494 e. The lowest BCUT2D eigenvalue weighted by Gasteiger charge is -2.41. The van der Waals surface area contributed by atoms with Crippen LogP contribution in [0.1, 0.15) is 74.2 Å². The molecule has 60 heavy (non-hydrogen) atoms. The normalized spacial score (nSPS) is 23.0. The van der Waals surface area contributed by atoms with Crippen molar-refractivity contribution in [2.75, 3.05) is 82.4 Å². The number of aromatic amines is 1. The van der Waals surface area contributed by atoms with E-state index < -0.39 is 11.9 Å². The number of carbonyl (C=O) groups excluding carboxylic acids is 3. The highest BCUT2D eigenvalue weighted by atomic mass is 16.5. The van der Waals surface area contributed by atoms with Crippen LogP contribution in [-0.4, -0.2) is 137 Å². The SMILES string of the molecule is COc1c(N2CCC(CN3CCN(CC4CCN(c5cc(-c6n[nH]c7ccc(OC8(C)CC8)cc67)ncn5)CC4)CC3)CC2)ccc2c1CN(C1CCC(=O)NC1=O)C2=O. The van der Waals surface area contributed by atoms with E-state index in [0.717, 1.165) is 155 Å². The number of carbonyl (C=O) groups is 3. The van der Waals surface area contributed by atoms with Gasteiger partial charge in [-0.25, -0.2) is 9.97 Å². The van der Waals surface area contributed by atoms with E-state index in [1.165, 1.54) is 0 Å². The van der Waals surface area contributed by atoms with Gasteiger partial charge >= 0.3 is 0 Å². The molecule has 7 heterocycles. The number of fused-ring (bicyclic) bond motifs is 2. The number of methoxy groups -OCH3 is 1. The van der Waals surface area contributed by atoms with Crippen LogP contribution in [0.25, 0.3) is 22.3 Å². The zero-order chi connectivity index (χ0) is 41.0. The van der Waals surface area contributed by atoms with Gasteiger partial charge in [0.25, 0.3) is 5.91 Å². The first kappa shape index (κ1) is 38.9. The van der Waals surface area contributed by atoms with Crippen LogP contribution >= 0.6 is 0 Å². The van der Waals surface area contributed by atoms with E-state index in [0.29, 0.717) is 30.4 Å². The van der Waals surface area contributed by atoms with E-state index >= 15 is 0 Å². The number of aromatic nitrogens is 4. The Bertz CT molecular complexity index is 2270. The number of piperidine rings is 3. The van der Waals surface area contributed by atoms with Gasteiger partial charge in [-0.15, -0.1) is 0 Å². The highest BCUT2D eigenvalue weighted by molar-refractivity contribution is 6.06. The molecular weight excluding hydrogens is 761 g/mol. The first-order valence-electron chi connectivity index (χ1n) is 22.0. The van der Waals surface area contributed by atoms with Gasteiger partial charge in [-0.2, -0.15) is 5.10 Å². The fraction of sp³-hybridized carbons (Fsp3) is 0.556. The molecule has 6 aliphatic rings. The molecule has 15 heteroatoms. The van der Waals surface area contributed by atoms with Crippen LogP contribution in [0, 0.1) is 11.8 Å². The van der Waals surface area contributed by atoms with Crippen LogP contribution in [0.3, 0.4) is 0 Å². The maximum absolute atomic E-state index is 13.4. The molecule has 316 valence electrons. The molecule has 2 N–H and O–H groups in total. The fourth-order valence-corrected chi connectivity index (χ4v) is 10.1. The van der Waals surface area contributed by atoms with Crippen molar-refractivity contribution in [3.8, 4) is 22.9 Å². The minimum atomic E-state index is -0.640. The molecule has 2 aromatic carbocycles. The number of H-pyrrole nitrogens is 1. The summed E-state index contributed by atoms with van der Waals surface area (Å²) in [5.74, 6) is 3.05. The van der Waals surface area contributed by atoms with Crippen molar-refractivity contribution in [3.05, 3.63) is 53.9 Å². The van der Waals surface area contributed by atoms with Crippen molar-refractivity contribution in [2.24, 2.45) is 11.8 Å². The number of anilines is 2. The summed E-state index contributed by atoms with van der Waals surface area (Å²) in [4.78, 5) is 58.7. The van der Waals surface area contributed by atoms with E-state index in [9.17, 15) is 14.4 Å². The van der Waals surface area contributed by atoms with Crippen molar-refractivity contribution in [1.82, 2.24) is 40.2 Å². The van der Waals surface area contributed by atoms with Crippen LogP contribution in [0.2, 0.25) is 0 Å². The summed E-state index contributed by atoms with van der Waals surface area (Å²) >= 11 is 0. The van der Waals surface area contributed by atoms with Gasteiger partial charge < -0.3 is 34.0 Å². The average Bonchev–Trinajstić information content (AvgIpc) is 3.68. The maximum Gasteiger partial charge on any atom is 0.255 e. The van der Waals surface area contributed by atoms with Crippen LogP contribution in [0.4, 0.5) is 11.5 Å². The van der Waals surface area contributed by atoms with Gasteiger partial charge in [0, 0.05) is 94.4 Å². The number of amides is 3. The number of benzene rings is 2.